The zero-order valence-corrected chi connectivity index (χ0v) is 11.3. The first-order valence-electron chi connectivity index (χ1n) is 5.35. The quantitative estimate of drug-likeness (QED) is 0.682. The molecule has 0 radical (unpaired) electrons. The van der Waals surface area contributed by atoms with Crippen LogP contribution in [0.4, 0.5) is 0 Å². The standard InChI is InChI=1S/C11H13N3OS2/c1-3-12-10(15)7(2)17-11-9-8(4-5-16-9)13-6-14-11/h4-7H,3H2,1-2H3,(H,12,15). The van der Waals surface area contributed by atoms with Gasteiger partial charge in [-0.05, 0) is 25.3 Å². The van der Waals surface area contributed by atoms with Gasteiger partial charge in [0, 0.05) is 6.54 Å². The van der Waals surface area contributed by atoms with Crippen LogP contribution in [-0.2, 0) is 4.79 Å². The van der Waals surface area contributed by atoms with Gasteiger partial charge in [-0.3, -0.25) is 4.79 Å². The second kappa shape index (κ2) is 5.46. The lowest BCUT2D eigenvalue weighted by molar-refractivity contribution is -0.120. The van der Waals surface area contributed by atoms with Crippen LogP contribution in [-0.4, -0.2) is 27.7 Å². The summed E-state index contributed by atoms with van der Waals surface area (Å²) in [5.41, 5.74) is 0.940. The smallest absolute Gasteiger partial charge is 0.233 e. The maximum absolute atomic E-state index is 11.6. The fraction of sp³-hybridized carbons (Fsp3) is 0.364. The molecule has 0 saturated heterocycles. The first kappa shape index (κ1) is 12.3. The van der Waals surface area contributed by atoms with Gasteiger partial charge in [0.15, 0.2) is 0 Å². The van der Waals surface area contributed by atoms with E-state index in [0.717, 1.165) is 15.2 Å². The fourth-order valence-electron chi connectivity index (χ4n) is 1.39. The highest BCUT2D eigenvalue weighted by Crippen LogP contribution is 2.31. The molecule has 2 rings (SSSR count). The van der Waals surface area contributed by atoms with Crippen LogP contribution in [0.1, 0.15) is 13.8 Å². The monoisotopic (exact) mass is 267 g/mol. The number of hydrogen-bond donors (Lipinski definition) is 1. The predicted octanol–water partition coefficient (Wildman–Crippen LogP) is 2.31. The Morgan fingerprint density at radius 3 is 3.18 bits per heavy atom. The molecular formula is C11H13N3OS2. The molecule has 17 heavy (non-hydrogen) atoms. The number of hydrogen-bond acceptors (Lipinski definition) is 5. The second-order valence-corrected chi connectivity index (χ2v) is 5.71. The van der Waals surface area contributed by atoms with E-state index in [1.54, 1.807) is 17.7 Å². The van der Waals surface area contributed by atoms with Gasteiger partial charge in [0.2, 0.25) is 5.91 Å². The highest BCUT2D eigenvalue weighted by atomic mass is 32.2. The summed E-state index contributed by atoms with van der Waals surface area (Å²) >= 11 is 3.08. The van der Waals surface area contributed by atoms with Gasteiger partial charge in [0.25, 0.3) is 0 Å². The molecule has 0 aliphatic rings. The molecule has 2 aromatic rings. The van der Waals surface area contributed by atoms with Crippen molar-refractivity contribution in [2.24, 2.45) is 0 Å². The van der Waals surface area contributed by atoms with Gasteiger partial charge < -0.3 is 5.32 Å². The zero-order valence-electron chi connectivity index (χ0n) is 9.64. The molecule has 0 aliphatic carbocycles. The normalized spacial score (nSPS) is 12.6. The molecule has 1 amide bonds. The van der Waals surface area contributed by atoms with Crippen molar-refractivity contribution in [1.29, 1.82) is 0 Å². The molecule has 0 spiro atoms. The molecule has 0 aliphatic heterocycles. The van der Waals surface area contributed by atoms with Gasteiger partial charge in [-0.25, -0.2) is 9.97 Å². The van der Waals surface area contributed by atoms with E-state index < -0.39 is 0 Å². The molecule has 2 aromatic heterocycles. The Balaban J connectivity index is 2.18. The molecule has 0 saturated carbocycles. The number of aromatic nitrogens is 2. The summed E-state index contributed by atoms with van der Waals surface area (Å²) in [7, 11) is 0. The number of thiophene rings is 1. The van der Waals surface area contributed by atoms with E-state index in [1.165, 1.54) is 11.8 Å². The van der Waals surface area contributed by atoms with Crippen molar-refractivity contribution >= 4 is 39.2 Å². The number of carbonyl (C=O) groups is 1. The Hall–Kier alpha value is -1.14. The van der Waals surface area contributed by atoms with Crippen molar-refractivity contribution in [1.82, 2.24) is 15.3 Å². The van der Waals surface area contributed by atoms with Crippen LogP contribution in [0.25, 0.3) is 10.2 Å². The number of nitrogens with one attached hydrogen (secondary N) is 1. The average molecular weight is 267 g/mol. The maximum atomic E-state index is 11.6. The van der Waals surface area contributed by atoms with Crippen LogP contribution in [0, 0.1) is 0 Å². The minimum atomic E-state index is -0.143. The van der Waals surface area contributed by atoms with Gasteiger partial charge >= 0.3 is 0 Å². The molecule has 0 fully saturated rings. The molecule has 4 nitrogen and oxygen atoms in total. The first-order valence-corrected chi connectivity index (χ1v) is 7.11. The van der Waals surface area contributed by atoms with Crippen molar-refractivity contribution in [2.45, 2.75) is 24.1 Å². The lowest BCUT2D eigenvalue weighted by Gasteiger charge is -2.10. The highest BCUT2D eigenvalue weighted by molar-refractivity contribution is 8.00. The Labute approximate surface area is 108 Å². The summed E-state index contributed by atoms with van der Waals surface area (Å²) in [6.45, 7) is 4.45. The minimum Gasteiger partial charge on any atom is -0.355 e. The third-order valence-electron chi connectivity index (χ3n) is 2.22. The number of nitrogens with zero attached hydrogens (tertiary/aromatic N) is 2. The highest BCUT2D eigenvalue weighted by Gasteiger charge is 2.16. The maximum Gasteiger partial charge on any atom is 0.233 e. The van der Waals surface area contributed by atoms with Crippen LogP contribution in [0.3, 0.4) is 0 Å². The molecule has 0 bridgehead atoms. The van der Waals surface area contributed by atoms with Gasteiger partial charge in [-0.1, -0.05) is 11.8 Å². The summed E-state index contributed by atoms with van der Waals surface area (Å²) in [6, 6.07) is 1.96. The lowest BCUT2D eigenvalue weighted by atomic mass is 10.4. The summed E-state index contributed by atoms with van der Waals surface area (Å²) in [5.74, 6) is 0.0424. The van der Waals surface area contributed by atoms with Crippen molar-refractivity contribution in [3.8, 4) is 0 Å². The largest absolute Gasteiger partial charge is 0.355 e. The average Bonchev–Trinajstić information content (AvgIpc) is 2.78. The van der Waals surface area contributed by atoms with Gasteiger partial charge in [0.05, 0.1) is 15.5 Å². The van der Waals surface area contributed by atoms with Crippen LogP contribution in [0.2, 0.25) is 0 Å². The number of amides is 1. The molecule has 2 heterocycles. The van der Waals surface area contributed by atoms with E-state index >= 15 is 0 Å². The van der Waals surface area contributed by atoms with Crippen molar-refractivity contribution in [3.05, 3.63) is 17.8 Å². The Morgan fingerprint density at radius 1 is 1.59 bits per heavy atom. The topological polar surface area (TPSA) is 54.9 Å². The summed E-state index contributed by atoms with van der Waals surface area (Å²) in [6.07, 6.45) is 1.54. The van der Waals surface area contributed by atoms with Crippen molar-refractivity contribution < 1.29 is 4.79 Å². The van der Waals surface area contributed by atoms with E-state index in [9.17, 15) is 4.79 Å². The molecule has 1 N–H and O–H groups in total. The third kappa shape index (κ3) is 2.76. The number of fused-ring (bicyclic) bond motifs is 1. The minimum absolute atomic E-state index is 0.0424. The SMILES string of the molecule is CCNC(=O)C(C)Sc1ncnc2ccsc12. The Kier molecular flexibility index (Phi) is 3.96. The van der Waals surface area contributed by atoms with Crippen LogP contribution in [0.5, 0.6) is 0 Å². The molecular weight excluding hydrogens is 254 g/mol. The van der Waals surface area contributed by atoms with Crippen LogP contribution in [0.15, 0.2) is 22.8 Å². The molecule has 1 atom stereocenters. The van der Waals surface area contributed by atoms with E-state index in [4.69, 9.17) is 0 Å². The Morgan fingerprint density at radius 2 is 2.41 bits per heavy atom. The lowest BCUT2D eigenvalue weighted by Crippen LogP contribution is -2.30. The third-order valence-corrected chi connectivity index (χ3v) is 4.36. The summed E-state index contributed by atoms with van der Waals surface area (Å²) in [4.78, 5) is 20.1. The molecule has 6 heteroatoms. The number of rotatable bonds is 4. The number of thioether (sulfide) groups is 1. The predicted molar refractivity (Wildman–Crippen MR) is 71.4 cm³/mol. The molecule has 90 valence electrons. The summed E-state index contributed by atoms with van der Waals surface area (Å²) < 4.78 is 1.05. The Bertz CT molecular complexity index is 526. The van der Waals surface area contributed by atoms with E-state index in [1.807, 2.05) is 25.3 Å². The van der Waals surface area contributed by atoms with E-state index in [2.05, 4.69) is 15.3 Å². The second-order valence-electron chi connectivity index (χ2n) is 3.47. The first-order chi connectivity index (χ1) is 8.22. The molecule has 0 aromatic carbocycles. The van der Waals surface area contributed by atoms with E-state index in [0.29, 0.717) is 6.54 Å². The van der Waals surface area contributed by atoms with Gasteiger partial charge in [-0.2, -0.15) is 0 Å². The number of carbonyl (C=O) groups excluding carboxylic acids is 1. The van der Waals surface area contributed by atoms with E-state index in [-0.39, 0.29) is 11.2 Å². The van der Waals surface area contributed by atoms with Crippen LogP contribution < -0.4 is 5.32 Å². The fourth-order valence-corrected chi connectivity index (χ4v) is 3.25. The summed E-state index contributed by atoms with van der Waals surface area (Å²) in [5, 5.41) is 5.53. The van der Waals surface area contributed by atoms with Crippen LogP contribution >= 0.6 is 23.1 Å². The van der Waals surface area contributed by atoms with Crippen molar-refractivity contribution in [2.75, 3.05) is 6.54 Å². The zero-order chi connectivity index (χ0) is 12.3. The van der Waals surface area contributed by atoms with Crippen molar-refractivity contribution in [3.63, 3.8) is 0 Å². The van der Waals surface area contributed by atoms with Gasteiger partial charge in [0.1, 0.15) is 11.4 Å². The van der Waals surface area contributed by atoms with Gasteiger partial charge in [-0.15, -0.1) is 11.3 Å². The molecule has 1 unspecified atom stereocenters.